The first-order valence-electron chi connectivity index (χ1n) is 10.1. The van der Waals surface area contributed by atoms with Gasteiger partial charge in [0.2, 0.25) is 5.91 Å². The van der Waals surface area contributed by atoms with Crippen LogP contribution >= 0.6 is 11.8 Å². The summed E-state index contributed by atoms with van der Waals surface area (Å²) in [7, 11) is 0. The molecule has 4 rings (SSSR count). The molecule has 3 N–H and O–H groups in total. The number of alkyl halides is 3. The molecule has 0 aliphatic rings. The summed E-state index contributed by atoms with van der Waals surface area (Å²) in [5.41, 5.74) is -1.55. The Hall–Kier alpha value is -4.13. The average Bonchev–Trinajstić information content (AvgIpc) is 3.19. The molecule has 0 spiro atoms. The van der Waals surface area contributed by atoms with Crippen LogP contribution in [0, 0.1) is 0 Å². The summed E-state index contributed by atoms with van der Waals surface area (Å²) < 4.78 is 41.2. The SMILES string of the molecule is O=C(CSc1nnc(Cc2cc(=O)[nH]c(=O)[nH]2)n1-c1ccccc1)Nc1ccccc1C(F)(F)F. The van der Waals surface area contributed by atoms with Crippen LogP contribution in [0.2, 0.25) is 0 Å². The third-order valence-corrected chi connectivity index (χ3v) is 5.65. The van der Waals surface area contributed by atoms with Gasteiger partial charge in [0.05, 0.1) is 17.0 Å². The predicted octanol–water partition coefficient (Wildman–Crippen LogP) is 2.98. The van der Waals surface area contributed by atoms with Crippen molar-refractivity contribution in [2.45, 2.75) is 17.8 Å². The third kappa shape index (κ3) is 5.87. The maximum atomic E-state index is 13.2. The Labute approximate surface area is 199 Å². The molecule has 4 aromatic rings. The van der Waals surface area contributed by atoms with Crippen molar-refractivity contribution in [3.05, 3.63) is 98.6 Å². The monoisotopic (exact) mass is 502 g/mol. The number of thioether (sulfide) groups is 1. The summed E-state index contributed by atoms with van der Waals surface area (Å²) in [6.07, 6.45) is -4.55. The molecule has 13 heteroatoms. The molecule has 0 saturated carbocycles. The molecule has 0 radical (unpaired) electrons. The maximum absolute atomic E-state index is 13.2. The minimum absolute atomic E-state index is 0.0623. The molecule has 0 aliphatic carbocycles. The van der Waals surface area contributed by atoms with E-state index in [9.17, 15) is 27.6 Å². The highest BCUT2D eigenvalue weighted by atomic mass is 32.2. The van der Waals surface area contributed by atoms with E-state index in [0.29, 0.717) is 22.4 Å². The van der Waals surface area contributed by atoms with Gasteiger partial charge in [-0.15, -0.1) is 10.2 Å². The van der Waals surface area contributed by atoms with Crippen LogP contribution in [-0.2, 0) is 17.4 Å². The second-order valence-corrected chi connectivity index (χ2v) is 8.18. The number of nitrogens with one attached hydrogen (secondary N) is 3. The lowest BCUT2D eigenvalue weighted by Gasteiger charge is -2.13. The van der Waals surface area contributed by atoms with Gasteiger partial charge in [0, 0.05) is 23.9 Å². The number of aromatic nitrogens is 5. The number of carbonyl (C=O) groups is 1. The summed E-state index contributed by atoms with van der Waals surface area (Å²) in [6.45, 7) is 0. The van der Waals surface area contributed by atoms with E-state index in [1.165, 1.54) is 24.3 Å². The number of halogens is 3. The smallest absolute Gasteiger partial charge is 0.325 e. The molecule has 1 amide bonds. The molecule has 0 saturated heterocycles. The fourth-order valence-electron chi connectivity index (χ4n) is 3.29. The number of amides is 1. The molecule has 35 heavy (non-hydrogen) atoms. The van der Waals surface area contributed by atoms with Crippen LogP contribution in [0.1, 0.15) is 17.1 Å². The number of nitrogens with zero attached hydrogens (tertiary/aromatic N) is 3. The molecule has 0 atom stereocenters. The topological polar surface area (TPSA) is 126 Å². The lowest BCUT2D eigenvalue weighted by atomic mass is 10.1. The quantitative estimate of drug-likeness (QED) is 0.334. The van der Waals surface area contributed by atoms with E-state index in [4.69, 9.17) is 0 Å². The number of H-pyrrole nitrogens is 2. The highest BCUT2D eigenvalue weighted by Crippen LogP contribution is 2.34. The molecule has 2 heterocycles. The number of para-hydroxylation sites is 2. The van der Waals surface area contributed by atoms with Gasteiger partial charge in [-0.2, -0.15) is 13.2 Å². The molecule has 2 aromatic carbocycles. The average molecular weight is 502 g/mol. The van der Waals surface area contributed by atoms with E-state index in [0.717, 1.165) is 17.8 Å². The van der Waals surface area contributed by atoms with Crippen molar-refractivity contribution < 1.29 is 18.0 Å². The van der Waals surface area contributed by atoms with Gasteiger partial charge in [-0.05, 0) is 24.3 Å². The van der Waals surface area contributed by atoms with Gasteiger partial charge in [0.25, 0.3) is 5.56 Å². The fourth-order valence-corrected chi connectivity index (χ4v) is 4.06. The first-order valence-corrected chi connectivity index (χ1v) is 11.1. The summed E-state index contributed by atoms with van der Waals surface area (Å²) in [6, 6.07) is 14.9. The van der Waals surface area contributed by atoms with E-state index >= 15 is 0 Å². The molecule has 9 nitrogen and oxygen atoms in total. The Morgan fingerprint density at radius 2 is 1.71 bits per heavy atom. The van der Waals surface area contributed by atoms with E-state index in [1.54, 1.807) is 34.9 Å². The van der Waals surface area contributed by atoms with Crippen LogP contribution in [0.4, 0.5) is 18.9 Å². The van der Waals surface area contributed by atoms with Gasteiger partial charge < -0.3 is 10.3 Å². The summed E-state index contributed by atoms with van der Waals surface area (Å²) in [5.74, 6) is -0.517. The minimum Gasteiger partial charge on any atom is -0.325 e. The molecular formula is C22H17F3N6O3S. The summed E-state index contributed by atoms with van der Waals surface area (Å²) in [4.78, 5) is 40.3. The van der Waals surface area contributed by atoms with E-state index < -0.39 is 28.9 Å². The van der Waals surface area contributed by atoms with Crippen LogP contribution in [0.3, 0.4) is 0 Å². The first-order chi connectivity index (χ1) is 16.7. The first kappa shape index (κ1) is 24.0. The van der Waals surface area contributed by atoms with Crippen LogP contribution in [0.15, 0.2) is 75.4 Å². The molecule has 2 aromatic heterocycles. The van der Waals surface area contributed by atoms with Gasteiger partial charge in [0.15, 0.2) is 5.16 Å². The Balaban J connectivity index is 1.57. The lowest BCUT2D eigenvalue weighted by Crippen LogP contribution is -2.23. The zero-order valence-corrected chi connectivity index (χ0v) is 18.6. The van der Waals surface area contributed by atoms with Gasteiger partial charge in [-0.25, -0.2) is 4.79 Å². The van der Waals surface area contributed by atoms with E-state index in [1.807, 2.05) is 0 Å². The van der Waals surface area contributed by atoms with E-state index in [-0.39, 0.29) is 17.9 Å². The standard InChI is InChI=1S/C22H17F3N6O3S/c23-22(24,25)15-8-4-5-9-16(15)27-19(33)12-35-21-30-29-17(31(21)14-6-2-1-3-7-14)10-13-11-18(32)28-20(34)26-13/h1-9,11H,10,12H2,(H,27,33)(H2,26,28,32,34). The fraction of sp³-hybridized carbons (Fsp3) is 0.136. The van der Waals surface area contributed by atoms with Gasteiger partial charge in [-0.3, -0.25) is 19.1 Å². The van der Waals surface area contributed by atoms with Crippen molar-refractivity contribution in [2.75, 3.05) is 11.1 Å². The zero-order chi connectivity index (χ0) is 25.0. The second-order valence-electron chi connectivity index (χ2n) is 7.24. The minimum atomic E-state index is -4.61. The summed E-state index contributed by atoms with van der Waals surface area (Å²) >= 11 is 0.977. The van der Waals surface area contributed by atoms with Crippen molar-refractivity contribution in [3.63, 3.8) is 0 Å². The molecule has 0 bridgehead atoms. The third-order valence-electron chi connectivity index (χ3n) is 4.72. The summed E-state index contributed by atoms with van der Waals surface area (Å²) in [5, 5.41) is 10.8. The number of hydrogen-bond donors (Lipinski definition) is 3. The van der Waals surface area contributed by atoms with Gasteiger partial charge in [0.1, 0.15) is 5.82 Å². The number of benzene rings is 2. The Morgan fingerprint density at radius 3 is 2.43 bits per heavy atom. The Kier molecular flexibility index (Phi) is 6.87. The lowest BCUT2D eigenvalue weighted by molar-refractivity contribution is -0.137. The van der Waals surface area contributed by atoms with Crippen molar-refractivity contribution in [2.24, 2.45) is 0 Å². The molecule has 0 fully saturated rings. The van der Waals surface area contributed by atoms with Crippen molar-refractivity contribution in [3.8, 4) is 5.69 Å². The molecule has 0 unspecified atom stereocenters. The van der Waals surface area contributed by atoms with Gasteiger partial charge >= 0.3 is 11.9 Å². The maximum Gasteiger partial charge on any atom is 0.418 e. The van der Waals surface area contributed by atoms with Crippen LogP contribution in [-0.4, -0.2) is 36.4 Å². The van der Waals surface area contributed by atoms with Crippen molar-refractivity contribution in [1.82, 2.24) is 24.7 Å². The number of hydrogen-bond acceptors (Lipinski definition) is 6. The zero-order valence-electron chi connectivity index (χ0n) is 17.8. The van der Waals surface area contributed by atoms with Crippen molar-refractivity contribution >= 4 is 23.4 Å². The molecule has 180 valence electrons. The second kappa shape index (κ2) is 10.0. The number of rotatable bonds is 7. The largest absolute Gasteiger partial charge is 0.418 e. The number of carbonyl (C=O) groups excluding carboxylic acids is 1. The molecular weight excluding hydrogens is 485 g/mol. The highest BCUT2D eigenvalue weighted by molar-refractivity contribution is 7.99. The Morgan fingerprint density at radius 1 is 1.00 bits per heavy atom. The molecule has 0 aliphatic heterocycles. The van der Waals surface area contributed by atoms with E-state index in [2.05, 4.69) is 25.5 Å². The van der Waals surface area contributed by atoms with Crippen LogP contribution in [0.5, 0.6) is 0 Å². The van der Waals surface area contributed by atoms with Crippen LogP contribution in [0.25, 0.3) is 5.69 Å². The highest BCUT2D eigenvalue weighted by Gasteiger charge is 2.33. The predicted molar refractivity (Wildman–Crippen MR) is 123 cm³/mol. The van der Waals surface area contributed by atoms with Gasteiger partial charge in [-0.1, -0.05) is 42.1 Å². The Bertz CT molecular complexity index is 1440. The number of aromatic amines is 2. The number of anilines is 1. The van der Waals surface area contributed by atoms with Crippen LogP contribution < -0.4 is 16.6 Å². The van der Waals surface area contributed by atoms with Crippen molar-refractivity contribution in [1.29, 1.82) is 0 Å². The normalized spacial score (nSPS) is 11.4.